The third-order valence-electron chi connectivity index (χ3n) is 12.9. The van der Waals surface area contributed by atoms with Crippen LogP contribution in [0.15, 0.2) is 60.8 Å². The number of allylic oxidation sites excluding steroid dienone is 9. The quantitative estimate of drug-likeness (QED) is 0.0272. The number of hydrogen-bond donors (Lipinski definition) is 2. The van der Waals surface area contributed by atoms with Crippen molar-refractivity contribution in [2.24, 2.45) is 0 Å². The number of amides is 1. The fraction of sp³-hybridized carbons (Fsp3) is 0.817. The zero-order valence-corrected chi connectivity index (χ0v) is 46.9. The van der Waals surface area contributed by atoms with Crippen LogP contribution < -0.4 is 10.2 Å². The summed E-state index contributed by atoms with van der Waals surface area (Å²) in [4.78, 5) is 25.5. The molecule has 0 aliphatic rings. The van der Waals surface area contributed by atoms with Gasteiger partial charge in [0.05, 0.1) is 39.9 Å². The molecule has 8 nitrogen and oxygen atoms in total. The van der Waals surface area contributed by atoms with Gasteiger partial charge >= 0.3 is 0 Å². The number of likely N-dealkylation sites (N-methyl/N-ethyl adjacent to an activating group) is 1. The molecule has 404 valence electrons. The SMILES string of the molecule is CCCCCCCCCCC/C=C\C/C=C\CCCCCCCCCCCCCC(=O)NC(COP(=O)([O-])OCC[N+](C)(C)C)C(O)/C=C/CC/C=C/CC/C=C/CCCCCCCCCCCC. The lowest BCUT2D eigenvalue weighted by molar-refractivity contribution is -0.870. The monoisotopic (exact) mass is 989 g/mol. The van der Waals surface area contributed by atoms with Crippen LogP contribution in [0.1, 0.15) is 264 Å². The summed E-state index contributed by atoms with van der Waals surface area (Å²) < 4.78 is 23.3. The van der Waals surface area contributed by atoms with Crippen molar-refractivity contribution in [2.75, 3.05) is 40.9 Å². The van der Waals surface area contributed by atoms with Crippen molar-refractivity contribution in [3.63, 3.8) is 0 Å². The molecule has 0 saturated carbocycles. The number of quaternary nitrogens is 1. The lowest BCUT2D eigenvalue weighted by Crippen LogP contribution is -2.45. The smallest absolute Gasteiger partial charge is 0.268 e. The molecule has 9 heteroatoms. The van der Waals surface area contributed by atoms with E-state index in [2.05, 4.69) is 67.8 Å². The van der Waals surface area contributed by atoms with E-state index >= 15 is 0 Å². The summed E-state index contributed by atoms with van der Waals surface area (Å²) in [5.41, 5.74) is 0. The van der Waals surface area contributed by atoms with Gasteiger partial charge in [-0.1, -0.05) is 242 Å². The molecule has 0 rings (SSSR count). The van der Waals surface area contributed by atoms with Crippen LogP contribution >= 0.6 is 7.82 Å². The molecular weight excluding hydrogens is 876 g/mol. The van der Waals surface area contributed by atoms with Gasteiger partial charge in [-0.15, -0.1) is 0 Å². The number of phosphoric acid groups is 1. The molecule has 0 aromatic heterocycles. The van der Waals surface area contributed by atoms with E-state index < -0.39 is 26.6 Å². The van der Waals surface area contributed by atoms with Gasteiger partial charge in [0.1, 0.15) is 13.2 Å². The summed E-state index contributed by atoms with van der Waals surface area (Å²) in [5.74, 6) is -0.213. The maximum Gasteiger partial charge on any atom is 0.268 e. The summed E-state index contributed by atoms with van der Waals surface area (Å²) in [6.07, 6.45) is 68.7. The first-order chi connectivity index (χ1) is 33.5. The first-order valence-corrected chi connectivity index (χ1v) is 30.6. The number of hydrogen-bond acceptors (Lipinski definition) is 6. The fourth-order valence-corrected chi connectivity index (χ4v) is 9.06. The number of nitrogens with zero attached hydrogens (tertiary/aromatic N) is 1. The maximum absolute atomic E-state index is 13.0. The van der Waals surface area contributed by atoms with Crippen molar-refractivity contribution in [2.45, 2.75) is 276 Å². The normalized spacial score (nSPS) is 14.4. The standard InChI is InChI=1S/C60H113N2O6P/c1-6-8-10-12-14-16-18-20-22-24-26-28-29-30-31-32-33-34-36-38-40-42-44-46-48-50-52-54-60(64)61-58(57-68-69(65,66)67-56-55-62(3,4)5)59(63)53-51-49-47-45-43-41-39-37-35-27-25-23-21-19-17-15-13-11-9-7-2/h26,28,30-31,35,37,43,45,51,53,58-59,63H,6-25,27,29,32-34,36,38-42,44,46-50,52,54-57H2,1-5H3,(H-,61,64,65,66)/b28-26-,31-30-,37-35+,45-43+,53-51+. The van der Waals surface area contributed by atoms with Crippen LogP contribution in [0.4, 0.5) is 0 Å². The van der Waals surface area contributed by atoms with E-state index in [1.54, 1.807) is 6.08 Å². The Morgan fingerprint density at radius 2 is 0.855 bits per heavy atom. The lowest BCUT2D eigenvalue weighted by Gasteiger charge is -2.29. The van der Waals surface area contributed by atoms with E-state index in [0.717, 1.165) is 51.4 Å². The third kappa shape index (κ3) is 53.8. The first-order valence-electron chi connectivity index (χ1n) is 29.2. The molecule has 0 spiro atoms. The van der Waals surface area contributed by atoms with Crippen LogP contribution in [-0.4, -0.2) is 68.5 Å². The highest BCUT2D eigenvalue weighted by atomic mass is 31.2. The minimum atomic E-state index is -4.61. The Morgan fingerprint density at radius 3 is 1.26 bits per heavy atom. The van der Waals surface area contributed by atoms with Gasteiger partial charge in [0, 0.05) is 6.42 Å². The van der Waals surface area contributed by atoms with Crippen LogP contribution in [0.5, 0.6) is 0 Å². The molecule has 0 aliphatic carbocycles. The predicted molar refractivity (Wildman–Crippen MR) is 297 cm³/mol. The summed E-state index contributed by atoms with van der Waals surface area (Å²) in [6, 6.07) is -0.913. The molecule has 3 unspecified atom stereocenters. The Bertz CT molecular complexity index is 1310. The number of aliphatic hydroxyl groups excluding tert-OH is 1. The number of nitrogens with one attached hydrogen (secondary N) is 1. The Morgan fingerprint density at radius 1 is 0.507 bits per heavy atom. The predicted octanol–water partition coefficient (Wildman–Crippen LogP) is 17.1. The van der Waals surface area contributed by atoms with Gasteiger partial charge in [0.25, 0.3) is 7.82 Å². The molecule has 1 amide bonds. The molecule has 0 aromatic carbocycles. The van der Waals surface area contributed by atoms with E-state index in [1.807, 2.05) is 27.2 Å². The number of rotatable bonds is 53. The van der Waals surface area contributed by atoms with Crippen molar-refractivity contribution in [1.82, 2.24) is 5.32 Å². The van der Waals surface area contributed by atoms with Crippen molar-refractivity contribution in [3.8, 4) is 0 Å². The van der Waals surface area contributed by atoms with Crippen molar-refractivity contribution >= 4 is 13.7 Å². The average Bonchev–Trinajstić information content (AvgIpc) is 3.31. The minimum Gasteiger partial charge on any atom is -0.756 e. The van der Waals surface area contributed by atoms with Gasteiger partial charge in [-0.05, 0) is 77.0 Å². The second kappa shape index (κ2) is 51.1. The Labute approximate surface area is 428 Å². The van der Waals surface area contributed by atoms with Crippen LogP contribution in [0.25, 0.3) is 0 Å². The summed E-state index contributed by atoms with van der Waals surface area (Å²) in [7, 11) is 1.23. The minimum absolute atomic E-state index is 0.0109. The molecule has 0 radical (unpaired) electrons. The van der Waals surface area contributed by atoms with Gasteiger partial charge in [0.15, 0.2) is 0 Å². The molecule has 69 heavy (non-hydrogen) atoms. The maximum atomic E-state index is 13.0. The summed E-state index contributed by atoms with van der Waals surface area (Å²) in [5, 5.41) is 13.9. The highest BCUT2D eigenvalue weighted by Gasteiger charge is 2.23. The van der Waals surface area contributed by atoms with E-state index in [9.17, 15) is 19.4 Å². The number of unbranched alkanes of at least 4 members (excludes halogenated alkanes) is 32. The third-order valence-corrected chi connectivity index (χ3v) is 13.9. The number of phosphoric ester groups is 1. The highest BCUT2D eigenvalue weighted by molar-refractivity contribution is 7.45. The van der Waals surface area contributed by atoms with E-state index in [1.165, 1.54) is 193 Å². The molecule has 0 bridgehead atoms. The van der Waals surface area contributed by atoms with Gasteiger partial charge in [-0.2, -0.15) is 0 Å². The molecule has 0 aromatic rings. The number of aliphatic hydroxyl groups is 1. The zero-order valence-electron chi connectivity index (χ0n) is 46.0. The zero-order chi connectivity index (χ0) is 50.6. The number of carbonyl (C=O) groups is 1. The average molecular weight is 990 g/mol. The lowest BCUT2D eigenvalue weighted by atomic mass is 10.0. The molecular formula is C60H113N2O6P. The van der Waals surface area contributed by atoms with E-state index in [4.69, 9.17) is 9.05 Å². The first kappa shape index (κ1) is 67.2. The molecule has 0 fully saturated rings. The Balaban J connectivity index is 4.26. The Kier molecular flexibility index (Phi) is 49.8. The van der Waals surface area contributed by atoms with Crippen molar-refractivity contribution in [3.05, 3.63) is 60.8 Å². The van der Waals surface area contributed by atoms with Gasteiger partial charge in [-0.25, -0.2) is 0 Å². The van der Waals surface area contributed by atoms with Gasteiger partial charge in [0.2, 0.25) is 5.91 Å². The van der Waals surface area contributed by atoms with Crippen molar-refractivity contribution < 1.29 is 32.9 Å². The van der Waals surface area contributed by atoms with Crippen LogP contribution in [0, 0.1) is 0 Å². The van der Waals surface area contributed by atoms with Crippen LogP contribution in [0.3, 0.4) is 0 Å². The van der Waals surface area contributed by atoms with Crippen LogP contribution in [0.2, 0.25) is 0 Å². The van der Waals surface area contributed by atoms with E-state index in [0.29, 0.717) is 17.4 Å². The topological polar surface area (TPSA) is 108 Å². The second-order valence-corrected chi connectivity index (χ2v) is 22.4. The van der Waals surface area contributed by atoms with E-state index in [-0.39, 0.29) is 12.5 Å². The molecule has 0 heterocycles. The molecule has 2 N–H and O–H groups in total. The molecule has 0 saturated heterocycles. The van der Waals surface area contributed by atoms with Crippen molar-refractivity contribution in [1.29, 1.82) is 0 Å². The van der Waals surface area contributed by atoms with Crippen LogP contribution in [-0.2, 0) is 18.4 Å². The highest BCUT2D eigenvalue weighted by Crippen LogP contribution is 2.38. The summed E-state index contributed by atoms with van der Waals surface area (Å²) in [6.45, 7) is 4.63. The summed E-state index contributed by atoms with van der Waals surface area (Å²) >= 11 is 0. The number of carbonyl (C=O) groups excluding carboxylic acids is 1. The van der Waals surface area contributed by atoms with Gasteiger partial charge < -0.3 is 28.8 Å². The second-order valence-electron chi connectivity index (χ2n) is 21.0. The van der Waals surface area contributed by atoms with Gasteiger partial charge in [-0.3, -0.25) is 9.36 Å². The largest absolute Gasteiger partial charge is 0.756 e. The molecule has 3 atom stereocenters. The Hall–Kier alpha value is -1.80. The molecule has 0 aliphatic heterocycles. The fourth-order valence-electron chi connectivity index (χ4n) is 8.33.